The Morgan fingerprint density at radius 2 is 1.77 bits per heavy atom. The second-order valence-corrected chi connectivity index (χ2v) is 8.60. The fraction of sp³-hybridized carbons (Fsp3) is 0.200. The van der Waals surface area contributed by atoms with Gasteiger partial charge in [-0.05, 0) is 73.0 Å². The van der Waals surface area contributed by atoms with Crippen molar-refractivity contribution in [2.24, 2.45) is 0 Å². The van der Waals surface area contributed by atoms with E-state index in [0.717, 1.165) is 36.7 Å². The van der Waals surface area contributed by atoms with E-state index in [1.54, 1.807) is 24.3 Å². The fourth-order valence-corrected chi connectivity index (χ4v) is 4.21. The summed E-state index contributed by atoms with van der Waals surface area (Å²) >= 11 is 0. The zero-order valence-corrected chi connectivity index (χ0v) is 18.6. The first-order valence-electron chi connectivity index (χ1n) is 11.1. The summed E-state index contributed by atoms with van der Waals surface area (Å²) in [6.07, 6.45) is 1.38. The monoisotopic (exact) mass is 477 g/mol. The third-order valence-corrected chi connectivity index (χ3v) is 6.05. The SMILES string of the molecule is O=C(Nc1n[nH]c2ccc(Cc3cc(F)cc(F)c3)cc12)c1ccc(CN2CCC2)cc1[N+](=O)[O-]. The van der Waals surface area contributed by atoms with E-state index in [0.29, 0.717) is 23.0 Å². The van der Waals surface area contributed by atoms with Crippen LogP contribution >= 0.6 is 0 Å². The molecule has 1 aliphatic heterocycles. The lowest BCUT2D eigenvalue weighted by molar-refractivity contribution is -0.385. The number of nitro benzene ring substituents is 1. The van der Waals surface area contributed by atoms with Gasteiger partial charge in [0.05, 0.1) is 10.4 Å². The fourth-order valence-electron chi connectivity index (χ4n) is 4.21. The number of fused-ring (bicyclic) bond motifs is 1. The number of H-pyrrole nitrogens is 1. The molecule has 178 valence electrons. The number of carbonyl (C=O) groups is 1. The second kappa shape index (κ2) is 9.22. The number of halogens is 2. The number of aromatic nitrogens is 2. The summed E-state index contributed by atoms with van der Waals surface area (Å²) in [7, 11) is 0. The van der Waals surface area contributed by atoms with Gasteiger partial charge >= 0.3 is 0 Å². The summed E-state index contributed by atoms with van der Waals surface area (Å²) in [5.41, 5.74) is 2.29. The summed E-state index contributed by atoms with van der Waals surface area (Å²) in [6, 6.07) is 13.2. The number of nitro groups is 1. The second-order valence-electron chi connectivity index (χ2n) is 8.60. The van der Waals surface area contributed by atoms with E-state index in [1.807, 2.05) is 0 Å². The molecule has 5 rings (SSSR count). The number of carbonyl (C=O) groups excluding carboxylic acids is 1. The van der Waals surface area contributed by atoms with Crippen molar-refractivity contribution in [1.82, 2.24) is 15.1 Å². The van der Waals surface area contributed by atoms with Crippen molar-refractivity contribution >= 4 is 28.3 Å². The minimum atomic E-state index is -0.658. The molecule has 2 N–H and O–H groups in total. The topological polar surface area (TPSA) is 104 Å². The van der Waals surface area contributed by atoms with E-state index < -0.39 is 22.5 Å². The van der Waals surface area contributed by atoms with Gasteiger partial charge in [0.2, 0.25) is 0 Å². The molecule has 0 saturated carbocycles. The molecule has 1 fully saturated rings. The molecule has 4 aromatic rings. The summed E-state index contributed by atoms with van der Waals surface area (Å²) in [5.74, 6) is -1.76. The van der Waals surface area contributed by atoms with E-state index in [4.69, 9.17) is 0 Å². The lowest BCUT2D eigenvalue weighted by Crippen LogP contribution is -2.36. The van der Waals surface area contributed by atoms with Crippen molar-refractivity contribution in [3.05, 3.63) is 98.6 Å². The van der Waals surface area contributed by atoms with Crippen LogP contribution in [0.4, 0.5) is 20.3 Å². The first-order valence-corrected chi connectivity index (χ1v) is 11.1. The van der Waals surface area contributed by atoms with Gasteiger partial charge in [0.1, 0.15) is 17.2 Å². The van der Waals surface area contributed by atoms with Crippen molar-refractivity contribution in [2.75, 3.05) is 18.4 Å². The summed E-state index contributed by atoms with van der Waals surface area (Å²) < 4.78 is 27.1. The Morgan fingerprint density at radius 3 is 2.46 bits per heavy atom. The zero-order valence-electron chi connectivity index (χ0n) is 18.6. The average Bonchev–Trinajstić information content (AvgIpc) is 3.17. The molecular formula is C25H21F2N5O3. The lowest BCUT2D eigenvalue weighted by Gasteiger charge is -2.30. The van der Waals surface area contributed by atoms with Crippen LogP contribution < -0.4 is 5.32 Å². The van der Waals surface area contributed by atoms with Gasteiger partial charge in [-0.25, -0.2) is 8.78 Å². The molecule has 0 spiro atoms. The highest BCUT2D eigenvalue weighted by atomic mass is 19.1. The number of hydrogen-bond donors (Lipinski definition) is 2. The number of likely N-dealkylation sites (tertiary alicyclic amines) is 1. The molecule has 0 radical (unpaired) electrons. The van der Waals surface area contributed by atoms with Crippen LogP contribution in [0.25, 0.3) is 10.9 Å². The average molecular weight is 477 g/mol. The minimum absolute atomic E-state index is 0.0649. The summed E-state index contributed by atoms with van der Waals surface area (Å²) in [6.45, 7) is 2.52. The number of hydrogen-bond acceptors (Lipinski definition) is 5. The maximum absolute atomic E-state index is 13.5. The molecule has 8 nitrogen and oxygen atoms in total. The molecule has 3 aromatic carbocycles. The predicted octanol–water partition coefficient (Wildman–Crippen LogP) is 4.80. The molecule has 1 aliphatic rings. The minimum Gasteiger partial charge on any atom is -0.304 e. The van der Waals surface area contributed by atoms with Gasteiger partial charge < -0.3 is 5.32 Å². The van der Waals surface area contributed by atoms with Gasteiger partial charge in [-0.2, -0.15) is 5.10 Å². The highest BCUT2D eigenvalue weighted by molar-refractivity contribution is 6.10. The van der Waals surface area contributed by atoms with Crippen LogP contribution in [0.2, 0.25) is 0 Å². The molecule has 1 saturated heterocycles. The molecule has 0 bridgehead atoms. The molecule has 1 amide bonds. The van der Waals surface area contributed by atoms with Crippen LogP contribution in [-0.4, -0.2) is 39.0 Å². The smallest absolute Gasteiger partial charge is 0.282 e. The van der Waals surface area contributed by atoms with E-state index in [-0.39, 0.29) is 23.5 Å². The highest BCUT2D eigenvalue weighted by Gasteiger charge is 2.23. The Balaban J connectivity index is 1.39. The van der Waals surface area contributed by atoms with Gasteiger partial charge in [-0.3, -0.25) is 24.9 Å². The Bertz CT molecular complexity index is 1430. The van der Waals surface area contributed by atoms with E-state index in [2.05, 4.69) is 20.4 Å². The third-order valence-electron chi connectivity index (χ3n) is 6.05. The molecular weight excluding hydrogens is 456 g/mol. The lowest BCUT2D eigenvalue weighted by atomic mass is 10.0. The maximum Gasteiger partial charge on any atom is 0.282 e. The summed E-state index contributed by atoms with van der Waals surface area (Å²) in [4.78, 5) is 26.2. The van der Waals surface area contributed by atoms with Crippen LogP contribution in [0, 0.1) is 21.7 Å². The third kappa shape index (κ3) is 4.87. The number of benzene rings is 3. The van der Waals surface area contributed by atoms with Crippen LogP contribution in [-0.2, 0) is 13.0 Å². The summed E-state index contributed by atoms with van der Waals surface area (Å²) in [5, 5.41) is 21.8. The van der Waals surface area contributed by atoms with Gasteiger partial charge in [-0.1, -0.05) is 12.1 Å². The highest BCUT2D eigenvalue weighted by Crippen LogP contribution is 2.27. The molecule has 0 unspecified atom stereocenters. The van der Waals surface area contributed by atoms with Gasteiger partial charge in [0.15, 0.2) is 5.82 Å². The van der Waals surface area contributed by atoms with E-state index >= 15 is 0 Å². The molecule has 0 aliphatic carbocycles. The van der Waals surface area contributed by atoms with Crippen molar-refractivity contribution in [3.8, 4) is 0 Å². The number of rotatable bonds is 7. The number of nitrogens with zero attached hydrogens (tertiary/aromatic N) is 3. The van der Waals surface area contributed by atoms with Crippen LogP contribution in [0.15, 0.2) is 54.6 Å². The molecule has 35 heavy (non-hydrogen) atoms. The normalized spacial score (nSPS) is 13.5. The van der Waals surface area contributed by atoms with E-state index in [1.165, 1.54) is 24.3 Å². The molecule has 10 heteroatoms. The molecule has 0 atom stereocenters. The number of aromatic amines is 1. The van der Waals surface area contributed by atoms with Crippen molar-refractivity contribution in [1.29, 1.82) is 0 Å². The van der Waals surface area contributed by atoms with Gasteiger partial charge in [0, 0.05) is 24.1 Å². The Kier molecular flexibility index (Phi) is 5.96. The van der Waals surface area contributed by atoms with Crippen molar-refractivity contribution in [2.45, 2.75) is 19.4 Å². The standard InChI is InChI=1S/C25H21F2N5O3/c26-18-9-17(10-19(27)13-18)8-15-3-5-22-21(11-15)24(30-29-22)28-25(33)20-4-2-16(12-23(20)32(34)35)14-31-6-1-7-31/h2-5,9-13H,1,6-8,14H2,(H2,28,29,30,33). The van der Waals surface area contributed by atoms with Crippen molar-refractivity contribution < 1.29 is 18.5 Å². The van der Waals surface area contributed by atoms with Crippen molar-refractivity contribution in [3.63, 3.8) is 0 Å². The van der Waals surface area contributed by atoms with Crippen LogP contribution in [0.3, 0.4) is 0 Å². The Morgan fingerprint density at radius 1 is 1.03 bits per heavy atom. The Labute approximate surface area is 198 Å². The largest absolute Gasteiger partial charge is 0.304 e. The van der Waals surface area contributed by atoms with Crippen LogP contribution in [0.5, 0.6) is 0 Å². The quantitative estimate of drug-likeness (QED) is 0.294. The number of amides is 1. The first kappa shape index (κ1) is 22.6. The Hall–Kier alpha value is -4.18. The first-order chi connectivity index (χ1) is 16.9. The number of anilines is 1. The number of nitrogens with one attached hydrogen (secondary N) is 2. The van der Waals surface area contributed by atoms with Gasteiger partial charge in [0.25, 0.3) is 11.6 Å². The zero-order chi connectivity index (χ0) is 24.5. The maximum atomic E-state index is 13.5. The predicted molar refractivity (Wildman–Crippen MR) is 126 cm³/mol. The van der Waals surface area contributed by atoms with Crippen LogP contribution in [0.1, 0.15) is 33.5 Å². The van der Waals surface area contributed by atoms with Gasteiger partial charge in [-0.15, -0.1) is 0 Å². The van der Waals surface area contributed by atoms with E-state index in [9.17, 15) is 23.7 Å². The molecule has 2 heterocycles. The molecule has 1 aromatic heterocycles.